The predicted octanol–water partition coefficient (Wildman–Crippen LogP) is 4.24. The highest BCUT2D eigenvalue weighted by Crippen LogP contribution is 2.31. The number of hydrogen-bond donors (Lipinski definition) is 1. The molecule has 0 radical (unpaired) electrons. The number of carbonyl (C=O) groups is 1. The Balaban J connectivity index is 1.61. The number of pyridine rings is 1. The first kappa shape index (κ1) is 17.2. The van der Waals surface area contributed by atoms with Crippen molar-refractivity contribution in [1.29, 1.82) is 0 Å². The van der Waals surface area contributed by atoms with Crippen LogP contribution < -0.4 is 4.74 Å². The maximum Gasteiger partial charge on any atom is 0.338 e. The minimum Gasteiger partial charge on any atom is -0.489 e. The molecule has 1 N–H and O–H groups in total. The Morgan fingerprint density at radius 2 is 2.11 bits per heavy atom. The van der Waals surface area contributed by atoms with Crippen molar-refractivity contribution in [3.8, 4) is 17.2 Å². The highest BCUT2D eigenvalue weighted by atomic mass is 32.1. The van der Waals surface area contributed by atoms with Gasteiger partial charge in [0.2, 0.25) is 11.8 Å². The van der Waals surface area contributed by atoms with Gasteiger partial charge in [-0.1, -0.05) is 6.07 Å². The molecular weight excluding hydrogens is 366 g/mol. The first-order valence-corrected chi connectivity index (χ1v) is 9.02. The lowest BCUT2D eigenvalue weighted by Crippen LogP contribution is -1.99. The van der Waals surface area contributed by atoms with Crippen LogP contribution in [-0.2, 0) is 6.61 Å². The number of benzene rings is 1. The second-order valence-electron chi connectivity index (χ2n) is 6.03. The number of rotatable bonds is 5. The summed E-state index contributed by atoms with van der Waals surface area (Å²) in [5.41, 5.74) is 2.85. The molecule has 1 aromatic carbocycles. The van der Waals surface area contributed by atoms with Gasteiger partial charge in [-0.25, -0.2) is 4.79 Å². The number of aryl methyl sites for hydroxylation is 2. The third kappa shape index (κ3) is 3.26. The fourth-order valence-electron chi connectivity index (χ4n) is 2.72. The van der Waals surface area contributed by atoms with Crippen molar-refractivity contribution in [3.63, 3.8) is 0 Å². The van der Waals surface area contributed by atoms with Gasteiger partial charge in [-0.3, -0.25) is 4.98 Å². The number of nitrogens with zero attached hydrogens (tertiary/aromatic N) is 3. The van der Waals surface area contributed by atoms with Crippen LogP contribution in [0.4, 0.5) is 0 Å². The van der Waals surface area contributed by atoms with E-state index in [2.05, 4.69) is 15.2 Å². The van der Waals surface area contributed by atoms with E-state index in [1.165, 1.54) is 17.5 Å². The number of thiophene rings is 1. The van der Waals surface area contributed by atoms with E-state index in [0.717, 1.165) is 22.1 Å². The summed E-state index contributed by atoms with van der Waals surface area (Å²) >= 11 is 1.38. The lowest BCUT2D eigenvalue weighted by Gasteiger charge is -2.10. The largest absolute Gasteiger partial charge is 0.489 e. The fraction of sp³-hybridized carbons (Fsp3) is 0.158. The smallest absolute Gasteiger partial charge is 0.338 e. The summed E-state index contributed by atoms with van der Waals surface area (Å²) in [5, 5.41) is 19.9. The summed E-state index contributed by atoms with van der Waals surface area (Å²) in [7, 11) is 0. The van der Waals surface area contributed by atoms with Crippen LogP contribution in [0.25, 0.3) is 21.5 Å². The maximum absolute atomic E-state index is 11.3. The molecule has 3 heterocycles. The van der Waals surface area contributed by atoms with E-state index >= 15 is 0 Å². The van der Waals surface area contributed by atoms with Crippen LogP contribution in [0.2, 0.25) is 0 Å². The standard InChI is InChI=1S/C19H15N3O4S/c1-10-3-4-12(18-22-21-11(2)26-18)5-16(10)25-8-13-9-27-17-14(13)6-20-7-15(17)19(23)24/h3-7,9H,8H2,1-2H3,(H,23,24). The molecule has 0 aliphatic rings. The van der Waals surface area contributed by atoms with Gasteiger partial charge >= 0.3 is 5.97 Å². The van der Waals surface area contributed by atoms with Crippen molar-refractivity contribution in [3.05, 3.63) is 58.6 Å². The molecule has 136 valence electrons. The first-order valence-electron chi connectivity index (χ1n) is 8.14. The predicted molar refractivity (Wildman–Crippen MR) is 100 cm³/mol. The molecule has 0 saturated heterocycles. The van der Waals surface area contributed by atoms with Crippen LogP contribution >= 0.6 is 11.3 Å². The van der Waals surface area contributed by atoms with Crippen LogP contribution in [-0.4, -0.2) is 26.3 Å². The molecule has 0 unspecified atom stereocenters. The van der Waals surface area contributed by atoms with E-state index in [1.807, 2.05) is 30.5 Å². The Morgan fingerprint density at radius 1 is 1.26 bits per heavy atom. The Labute approximate surface area is 158 Å². The van der Waals surface area contributed by atoms with Crippen LogP contribution in [0, 0.1) is 13.8 Å². The van der Waals surface area contributed by atoms with Crippen molar-refractivity contribution >= 4 is 27.4 Å². The van der Waals surface area contributed by atoms with Gasteiger partial charge in [0, 0.05) is 35.8 Å². The van der Waals surface area contributed by atoms with Crippen molar-refractivity contribution in [2.45, 2.75) is 20.5 Å². The van der Waals surface area contributed by atoms with Crippen molar-refractivity contribution < 1.29 is 19.1 Å². The molecule has 0 aliphatic heterocycles. The van der Waals surface area contributed by atoms with Gasteiger partial charge in [-0.15, -0.1) is 21.5 Å². The quantitative estimate of drug-likeness (QED) is 0.552. The Bertz CT molecular complexity index is 1150. The molecule has 0 amide bonds. The van der Waals surface area contributed by atoms with Gasteiger partial charge in [0.25, 0.3) is 0 Å². The number of carboxylic acid groups (broad SMARTS) is 1. The van der Waals surface area contributed by atoms with Gasteiger partial charge in [0.05, 0.1) is 10.3 Å². The lowest BCUT2D eigenvalue weighted by atomic mass is 10.1. The van der Waals surface area contributed by atoms with Crippen molar-refractivity contribution in [2.75, 3.05) is 0 Å². The van der Waals surface area contributed by atoms with Crippen molar-refractivity contribution in [1.82, 2.24) is 15.2 Å². The normalized spacial score (nSPS) is 11.0. The molecule has 7 nitrogen and oxygen atoms in total. The van der Waals surface area contributed by atoms with E-state index in [0.29, 0.717) is 28.8 Å². The second kappa shape index (κ2) is 6.81. The number of aromatic nitrogens is 3. The number of fused-ring (bicyclic) bond motifs is 1. The van der Waals surface area contributed by atoms with Gasteiger partial charge in [-0.05, 0) is 30.0 Å². The third-order valence-corrected chi connectivity index (χ3v) is 5.21. The Morgan fingerprint density at radius 3 is 2.85 bits per heavy atom. The number of aromatic carboxylic acids is 1. The lowest BCUT2D eigenvalue weighted by molar-refractivity contribution is 0.0699. The average molecular weight is 381 g/mol. The topological polar surface area (TPSA) is 98.3 Å². The summed E-state index contributed by atoms with van der Waals surface area (Å²) in [6, 6.07) is 5.69. The summed E-state index contributed by atoms with van der Waals surface area (Å²) in [6.45, 7) is 4.00. The summed E-state index contributed by atoms with van der Waals surface area (Å²) in [4.78, 5) is 15.4. The average Bonchev–Trinajstić information content (AvgIpc) is 3.27. The number of carboxylic acids is 1. The molecule has 27 heavy (non-hydrogen) atoms. The minimum absolute atomic E-state index is 0.202. The van der Waals surface area contributed by atoms with E-state index in [9.17, 15) is 9.90 Å². The highest BCUT2D eigenvalue weighted by molar-refractivity contribution is 7.17. The maximum atomic E-state index is 11.3. The third-order valence-electron chi connectivity index (χ3n) is 4.14. The van der Waals surface area contributed by atoms with Crippen molar-refractivity contribution in [2.24, 2.45) is 0 Å². The van der Waals surface area contributed by atoms with Crippen LogP contribution in [0.1, 0.15) is 27.4 Å². The first-order chi connectivity index (χ1) is 13.0. The monoisotopic (exact) mass is 381 g/mol. The minimum atomic E-state index is -0.985. The van der Waals surface area contributed by atoms with E-state index in [1.54, 1.807) is 13.1 Å². The molecule has 0 bridgehead atoms. The molecule has 0 spiro atoms. The fourth-order valence-corrected chi connectivity index (χ4v) is 3.75. The van der Waals surface area contributed by atoms with E-state index in [4.69, 9.17) is 9.15 Å². The SMILES string of the molecule is Cc1nnc(-c2ccc(C)c(OCc3csc4c(C(=O)O)cncc34)c2)o1. The van der Waals surface area contributed by atoms with Gasteiger partial charge in [-0.2, -0.15) is 0 Å². The molecule has 0 aliphatic carbocycles. The molecule has 3 aromatic heterocycles. The molecule has 4 aromatic rings. The molecule has 0 fully saturated rings. The zero-order valence-electron chi connectivity index (χ0n) is 14.6. The van der Waals surface area contributed by atoms with Gasteiger partial charge in [0.1, 0.15) is 12.4 Å². The molecular formula is C19H15N3O4S. The summed E-state index contributed by atoms with van der Waals surface area (Å²) < 4.78 is 12.2. The van der Waals surface area contributed by atoms with Crippen LogP contribution in [0.3, 0.4) is 0 Å². The van der Waals surface area contributed by atoms with Gasteiger partial charge < -0.3 is 14.3 Å². The van der Waals surface area contributed by atoms with Gasteiger partial charge in [0.15, 0.2) is 0 Å². The number of hydrogen-bond acceptors (Lipinski definition) is 7. The summed E-state index contributed by atoms with van der Waals surface area (Å²) in [6.07, 6.45) is 3.03. The molecule has 4 rings (SSSR count). The zero-order chi connectivity index (χ0) is 19.0. The van der Waals surface area contributed by atoms with E-state index in [-0.39, 0.29) is 5.56 Å². The molecule has 0 saturated carbocycles. The van der Waals surface area contributed by atoms with Crippen LogP contribution in [0.5, 0.6) is 5.75 Å². The Kier molecular flexibility index (Phi) is 4.33. The molecule has 8 heteroatoms. The van der Waals surface area contributed by atoms with Crippen LogP contribution in [0.15, 0.2) is 40.4 Å². The summed E-state index contributed by atoms with van der Waals surface area (Å²) in [5.74, 6) is 0.652. The Hall–Kier alpha value is -3.26. The zero-order valence-corrected chi connectivity index (χ0v) is 15.4. The second-order valence-corrected chi connectivity index (χ2v) is 6.90. The highest BCUT2D eigenvalue weighted by Gasteiger charge is 2.15. The number of ether oxygens (including phenoxy) is 1. The van der Waals surface area contributed by atoms with E-state index < -0.39 is 5.97 Å². The molecule has 0 atom stereocenters.